The Balaban J connectivity index is 1.79. The number of thioether (sulfide) groups is 1. The molecule has 1 aromatic heterocycles. The van der Waals surface area contributed by atoms with Gasteiger partial charge >= 0.3 is 0 Å². The van der Waals surface area contributed by atoms with E-state index in [2.05, 4.69) is 15.5 Å². The van der Waals surface area contributed by atoms with E-state index >= 15 is 0 Å². The number of rotatable bonds is 6. The van der Waals surface area contributed by atoms with Gasteiger partial charge in [-0.05, 0) is 29.0 Å². The van der Waals surface area contributed by atoms with Crippen molar-refractivity contribution in [1.82, 2.24) is 20.2 Å². The third-order valence-corrected chi connectivity index (χ3v) is 4.35. The Morgan fingerprint density at radius 3 is 2.86 bits per heavy atom. The van der Waals surface area contributed by atoms with Gasteiger partial charge in [-0.25, -0.2) is 4.68 Å². The number of halogens is 1. The number of aromatic nitrogens is 4. The van der Waals surface area contributed by atoms with Crippen molar-refractivity contribution in [3.05, 3.63) is 29.3 Å². The number of carbonyl (C=O) groups excluding carboxylic acids is 1. The molecule has 6 nitrogen and oxygen atoms in total. The van der Waals surface area contributed by atoms with Gasteiger partial charge in [0.1, 0.15) is 0 Å². The Kier molecular flexibility index (Phi) is 5.58. The number of carbonyl (C=O) groups is 1. The van der Waals surface area contributed by atoms with Crippen LogP contribution in [0.2, 0.25) is 5.02 Å². The minimum absolute atomic E-state index is 0.0415. The predicted molar refractivity (Wildman–Crippen MR) is 83.6 cm³/mol. The lowest BCUT2D eigenvalue weighted by Gasteiger charge is -2.18. The molecule has 0 aliphatic carbocycles. The second-order valence-electron chi connectivity index (χ2n) is 4.44. The predicted octanol–water partition coefficient (Wildman–Crippen LogP) is 2.40. The average molecular weight is 326 g/mol. The number of benzene rings is 1. The molecule has 0 bridgehead atoms. The first kappa shape index (κ1) is 15.8. The number of hydrogen-bond donors (Lipinski definition) is 0. The van der Waals surface area contributed by atoms with E-state index < -0.39 is 0 Å². The van der Waals surface area contributed by atoms with Crippen LogP contribution in [0.1, 0.15) is 12.8 Å². The summed E-state index contributed by atoms with van der Waals surface area (Å²) < 4.78 is 1.61. The summed E-state index contributed by atoms with van der Waals surface area (Å²) in [6.45, 7) is 0. The van der Waals surface area contributed by atoms with Crippen molar-refractivity contribution in [3.8, 4) is 0 Å². The van der Waals surface area contributed by atoms with Gasteiger partial charge in [-0.3, -0.25) is 4.79 Å². The molecule has 2 rings (SSSR count). The van der Waals surface area contributed by atoms with Gasteiger partial charge in [0.05, 0.1) is 10.7 Å². The first-order chi connectivity index (χ1) is 10.1. The van der Waals surface area contributed by atoms with Crippen LogP contribution in [-0.2, 0) is 11.8 Å². The van der Waals surface area contributed by atoms with Crippen LogP contribution in [0.3, 0.4) is 0 Å². The highest BCUT2D eigenvalue weighted by Crippen LogP contribution is 2.25. The molecule has 2 aromatic rings. The molecule has 1 amide bonds. The van der Waals surface area contributed by atoms with E-state index in [1.807, 2.05) is 18.2 Å². The fraction of sp³-hybridized carbons (Fsp3) is 0.385. The summed E-state index contributed by atoms with van der Waals surface area (Å²) in [5, 5.41) is 12.5. The molecular weight excluding hydrogens is 310 g/mol. The Morgan fingerprint density at radius 1 is 1.43 bits per heavy atom. The zero-order valence-corrected chi connectivity index (χ0v) is 13.4. The first-order valence-corrected chi connectivity index (χ1v) is 7.82. The lowest BCUT2D eigenvalue weighted by atomic mass is 10.2. The van der Waals surface area contributed by atoms with Gasteiger partial charge in [0.2, 0.25) is 11.1 Å². The van der Waals surface area contributed by atoms with E-state index in [1.165, 1.54) is 11.8 Å². The maximum absolute atomic E-state index is 12.1. The van der Waals surface area contributed by atoms with Crippen molar-refractivity contribution in [2.45, 2.75) is 18.0 Å². The lowest BCUT2D eigenvalue weighted by molar-refractivity contribution is -0.118. The highest BCUT2D eigenvalue weighted by molar-refractivity contribution is 7.99. The zero-order valence-electron chi connectivity index (χ0n) is 11.9. The highest BCUT2D eigenvalue weighted by Gasteiger charge is 2.13. The van der Waals surface area contributed by atoms with Crippen LogP contribution < -0.4 is 4.90 Å². The number of para-hydroxylation sites is 1. The summed E-state index contributed by atoms with van der Waals surface area (Å²) in [5.74, 6) is 0.829. The summed E-state index contributed by atoms with van der Waals surface area (Å²) in [7, 11) is 3.53. The van der Waals surface area contributed by atoms with Crippen LogP contribution in [0.5, 0.6) is 0 Å². The largest absolute Gasteiger partial charge is 0.314 e. The van der Waals surface area contributed by atoms with Crippen molar-refractivity contribution < 1.29 is 4.79 Å². The number of aryl methyl sites for hydroxylation is 1. The number of anilines is 1. The third kappa shape index (κ3) is 4.18. The topological polar surface area (TPSA) is 63.9 Å². The molecule has 1 heterocycles. The molecule has 21 heavy (non-hydrogen) atoms. The molecule has 0 N–H and O–H groups in total. The van der Waals surface area contributed by atoms with Gasteiger partial charge in [-0.15, -0.1) is 5.10 Å². The lowest BCUT2D eigenvalue weighted by Crippen LogP contribution is -2.26. The molecule has 0 spiro atoms. The maximum atomic E-state index is 12.1. The van der Waals surface area contributed by atoms with Crippen LogP contribution >= 0.6 is 23.4 Å². The molecule has 0 saturated heterocycles. The second kappa shape index (κ2) is 7.42. The molecule has 0 aliphatic heterocycles. The molecule has 1 aromatic carbocycles. The van der Waals surface area contributed by atoms with Gasteiger partial charge in [0.15, 0.2) is 0 Å². The fourth-order valence-corrected chi connectivity index (χ4v) is 2.81. The van der Waals surface area contributed by atoms with Gasteiger partial charge in [0, 0.05) is 26.3 Å². The third-order valence-electron chi connectivity index (χ3n) is 2.94. The summed E-state index contributed by atoms with van der Waals surface area (Å²) in [5.41, 5.74) is 0.731. The first-order valence-electron chi connectivity index (χ1n) is 6.46. The van der Waals surface area contributed by atoms with Crippen LogP contribution in [0.4, 0.5) is 5.69 Å². The number of nitrogens with zero attached hydrogens (tertiary/aromatic N) is 5. The van der Waals surface area contributed by atoms with Gasteiger partial charge < -0.3 is 4.90 Å². The normalized spacial score (nSPS) is 10.6. The SMILES string of the molecule is CN(C(=O)CCCSc1nnnn1C)c1ccccc1Cl. The zero-order chi connectivity index (χ0) is 15.2. The van der Waals surface area contributed by atoms with Gasteiger partial charge in [0.25, 0.3) is 0 Å². The van der Waals surface area contributed by atoms with E-state index in [0.29, 0.717) is 11.4 Å². The van der Waals surface area contributed by atoms with Gasteiger partial charge in [-0.2, -0.15) is 0 Å². The molecule has 0 atom stereocenters. The molecule has 0 saturated carbocycles. The van der Waals surface area contributed by atoms with E-state index in [4.69, 9.17) is 11.6 Å². The van der Waals surface area contributed by atoms with Crippen molar-refractivity contribution in [2.24, 2.45) is 7.05 Å². The Labute approximate surface area is 132 Å². The van der Waals surface area contributed by atoms with Crippen LogP contribution in [-0.4, -0.2) is 38.9 Å². The smallest absolute Gasteiger partial charge is 0.226 e. The minimum atomic E-state index is 0.0415. The fourth-order valence-electron chi connectivity index (χ4n) is 1.76. The standard InChI is InChI=1S/C13H16ClN5OS/c1-18(11-7-4-3-6-10(11)14)12(20)8-5-9-21-13-15-16-17-19(13)2/h3-4,6-7H,5,8-9H2,1-2H3. The van der Waals surface area contributed by atoms with E-state index in [9.17, 15) is 4.79 Å². The molecule has 0 aliphatic rings. The summed E-state index contributed by atoms with van der Waals surface area (Å²) in [6, 6.07) is 7.31. The van der Waals surface area contributed by atoms with E-state index in [0.717, 1.165) is 23.0 Å². The quantitative estimate of drug-likeness (QED) is 0.603. The van der Waals surface area contributed by atoms with Crippen molar-refractivity contribution in [1.29, 1.82) is 0 Å². The highest BCUT2D eigenvalue weighted by atomic mass is 35.5. The summed E-state index contributed by atoms with van der Waals surface area (Å²) >= 11 is 7.62. The Hall–Kier alpha value is -1.60. The molecule has 0 radical (unpaired) electrons. The van der Waals surface area contributed by atoms with Crippen LogP contribution in [0.15, 0.2) is 29.4 Å². The molecule has 0 fully saturated rings. The minimum Gasteiger partial charge on any atom is -0.314 e. The number of hydrogen-bond acceptors (Lipinski definition) is 5. The van der Waals surface area contributed by atoms with E-state index in [1.54, 1.807) is 29.7 Å². The van der Waals surface area contributed by atoms with Crippen LogP contribution in [0.25, 0.3) is 0 Å². The molecule has 0 unspecified atom stereocenters. The average Bonchev–Trinajstić information content (AvgIpc) is 2.88. The molecule has 112 valence electrons. The monoisotopic (exact) mass is 325 g/mol. The van der Waals surface area contributed by atoms with Crippen molar-refractivity contribution in [2.75, 3.05) is 17.7 Å². The van der Waals surface area contributed by atoms with Crippen molar-refractivity contribution >= 4 is 35.0 Å². The van der Waals surface area contributed by atoms with Gasteiger partial charge in [-0.1, -0.05) is 35.5 Å². The molecular formula is C13H16ClN5OS. The maximum Gasteiger partial charge on any atom is 0.226 e. The van der Waals surface area contributed by atoms with Crippen LogP contribution in [0, 0.1) is 0 Å². The number of tetrazole rings is 1. The Bertz CT molecular complexity index is 618. The molecule has 8 heteroatoms. The van der Waals surface area contributed by atoms with Crippen molar-refractivity contribution in [3.63, 3.8) is 0 Å². The van der Waals surface area contributed by atoms with E-state index in [-0.39, 0.29) is 5.91 Å². The summed E-state index contributed by atoms with van der Waals surface area (Å²) in [4.78, 5) is 13.7. The summed E-state index contributed by atoms with van der Waals surface area (Å²) in [6.07, 6.45) is 1.21. The second-order valence-corrected chi connectivity index (χ2v) is 5.91. The Morgan fingerprint density at radius 2 is 2.19 bits per heavy atom. The number of amides is 1.